The molecule has 1 aliphatic heterocycles. The summed E-state index contributed by atoms with van der Waals surface area (Å²) in [6.45, 7) is 2.04. The highest BCUT2D eigenvalue weighted by molar-refractivity contribution is 6.35. The van der Waals surface area contributed by atoms with Gasteiger partial charge in [-0.3, -0.25) is 9.80 Å². The van der Waals surface area contributed by atoms with E-state index in [1.165, 1.54) is 12.0 Å². The van der Waals surface area contributed by atoms with Crippen LogP contribution in [0.15, 0.2) is 12.3 Å². The number of carbonyl (C=O) groups is 1. The predicted molar refractivity (Wildman–Crippen MR) is 118 cm³/mol. The number of phenols is 1. The topological polar surface area (TPSA) is 111 Å². The quantitative estimate of drug-likeness (QED) is 0.617. The lowest BCUT2D eigenvalue weighted by molar-refractivity contribution is 0.126. The molecule has 1 aromatic carbocycles. The zero-order valence-corrected chi connectivity index (χ0v) is 18.6. The van der Waals surface area contributed by atoms with Crippen LogP contribution in [0.1, 0.15) is 38.2 Å². The maximum atomic E-state index is 14.8. The van der Waals surface area contributed by atoms with Crippen molar-refractivity contribution in [2.45, 2.75) is 51.3 Å². The molecule has 0 spiro atoms. The van der Waals surface area contributed by atoms with Crippen molar-refractivity contribution in [3.05, 3.63) is 28.7 Å². The number of ether oxygens (including phenoxy) is 1. The SMILES string of the molecule is CCN1C(=O)N(c2c(F)c(O)cc(OC)c2Cl)Cc2cnc(NC3CCC(O)CC3)nc21. The van der Waals surface area contributed by atoms with E-state index in [-0.39, 0.29) is 41.7 Å². The molecule has 0 unspecified atom stereocenters. The zero-order valence-electron chi connectivity index (χ0n) is 17.8. The van der Waals surface area contributed by atoms with Crippen molar-refractivity contribution in [1.82, 2.24) is 9.97 Å². The molecule has 2 heterocycles. The number of phenolic OH excluding ortho intramolecular Hbond substituents is 1. The van der Waals surface area contributed by atoms with Gasteiger partial charge in [-0.25, -0.2) is 14.2 Å². The van der Waals surface area contributed by atoms with Crippen molar-refractivity contribution in [2.24, 2.45) is 0 Å². The molecular formula is C21H25ClFN5O4. The second-order valence-electron chi connectivity index (χ2n) is 7.88. The maximum absolute atomic E-state index is 14.8. The number of amides is 2. The van der Waals surface area contributed by atoms with Crippen LogP contribution in [0.5, 0.6) is 11.5 Å². The van der Waals surface area contributed by atoms with Crippen LogP contribution in [0.3, 0.4) is 0 Å². The Labute approximate surface area is 189 Å². The molecule has 0 bridgehead atoms. The molecular weight excluding hydrogens is 441 g/mol. The molecule has 3 N–H and O–H groups in total. The Bertz CT molecular complexity index is 1030. The van der Waals surface area contributed by atoms with Crippen LogP contribution in [0.25, 0.3) is 0 Å². The smallest absolute Gasteiger partial charge is 0.330 e. The number of nitrogens with one attached hydrogen (secondary N) is 1. The highest BCUT2D eigenvalue weighted by Crippen LogP contribution is 2.44. The summed E-state index contributed by atoms with van der Waals surface area (Å²) < 4.78 is 19.9. The van der Waals surface area contributed by atoms with Gasteiger partial charge in [-0.1, -0.05) is 11.6 Å². The first kappa shape index (κ1) is 22.3. The summed E-state index contributed by atoms with van der Waals surface area (Å²) in [5.41, 5.74) is 0.342. The number of methoxy groups -OCH3 is 1. The summed E-state index contributed by atoms with van der Waals surface area (Å²) in [5, 5.41) is 22.8. The van der Waals surface area contributed by atoms with Crippen molar-refractivity contribution in [3.63, 3.8) is 0 Å². The summed E-state index contributed by atoms with van der Waals surface area (Å²) in [5.74, 6) is -0.798. The third-order valence-electron chi connectivity index (χ3n) is 5.85. The summed E-state index contributed by atoms with van der Waals surface area (Å²) in [4.78, 5) is 24.7. The number of aliphatic hydroxyl groups is 1. The fraction of sp³-hybridized carbons (Fsp3) is 0.476. The van der Waals surface area contributed by atoms with Gasteiger partial charge in [0.05, 0.1) is 19.8 Å². The molecule has 4 rings (SSSR count). The number of aromatic nitrogens is 2. The van der Waals surface area contributed by atoms with Crippen molar-refractivity contribution >= 4 is 35.1 Å². The lowest BCUT2D eigenvalue weighted by Crippen LogP contribution is -2.48. The number of fused-ring (bicyclic) bond motifs is 1. The Morgan fingerprint density at radius 1 is 1.34 bits per heavy atom. The number of aliphatic hydroxyl groups excluding tert-OH is 1. The predicted octanol–water partition coefficient (Wildman–Crippen LogP) is 3.67. The molecule has 2 aliphatic rings. The van der Waals surface area contributed by atoms with Gasteiger partial charge in [0.25, 0.3) is 0 Å². The maximum Gasteiger partial charge on any atom is 0.330 e. The minimum absolute atomic E-state index is 0.0240. The fourth-order valence-corrected chi connectivity index (χ4v) is 4.44. The number of halogens is 2. The summed E-state index contributed by atoms with van der Waals surface area (Å²) in [6, 6.07) is 0.681. The van der Waals surface area contributed by atoms with Crippen LogP contribution in [-0.4, -0.2) is 52.0 Å². The van der Waals surface area contributed by atoms with Gasteiger partial charge in [-0.15, -0.1) is 0 Å². The highest BCUT2D eigenvalue weighted by Gasteiger charge is 2.36. The van der Waals surface area contributed by atoms with Crippen molar-refractivity contribution in [3.8, 4) is 11.5 Å². The van der Waals surface area contributed by atoms with E-state index >= 15 is 0 Å². The number of anilines is 3. The van der Waals surface area contributed by atoms with Crippen LogP contribution in [0, 0.1) is 5.82 Å². The third kappa shape index (κ3) is 4.00. The number of hydrogen-bond donors (Lipinski definition) is 3. The van der Waals surface area contributed by atoms with Crippen LogP contribution >= 0.6 is 11.6 Å². The number of urea groups is 1. The van der Waals surface area contributed by atoms with Gasteiger partial charge in [0, 0.05) is 30.4 Å². The molecule has 0 atom stereocenters. The van der Waals surface area contributed by atoms with E-state index in [2.05, 4.69) is 15.3 Å². The van der Waals surface area contributed by atoms with Crippen molar-refractivity contribution < 1.29 is 24.1 Å². The van der Waals surface area contributed by atoms with E-state index in [1.54, 1.807) is 13.1 Å². The van der Waals surface area contributed by atoms with Crippen molar-refractivity contribution in [1.29, 1.82) is 0 Å². The molecule has 0 radical (unpaired) electrons. The summed E-state index contributed by atoms with van der Waals surface area (Å²) >= 11 is 6.30. The molecule has 1 aromatic heterocycles. The standard InChI is InChI=1S/C21H25ClFN5O4/c1-3-27-19-11(9-24-20(26-19)25-12-4-6-13(29)7-5-12)10-28(21(27)31)18-16(22)15(32-2)8-14(30)17(18)23/h8-9,12-13,29-30H,3-7,10H2,1-2H3,(H,24,25,26). The molecule has 1 fully saturated rings. The first-order valence-electron chi connectivity index (χ1n) is 10.5. The van der Waals surface area contributed by atoms with E-state index in [4.69, 9.17) is 16.3 Å². The normalized spacial score (nSPS) is 20.8. The molecule has 9 nitrogen and oxygen atoms in total. The van der Waals surface area contributed by atoms with E-state index < -0.39 is 17.6 Å². The Morgan fingerprint density at radius 2 is 2.06 bits per heavy atom. The summed E-state index contributed by atoms with van der Waals surface area (Å²) in [7, 11) is 1.34. The second kappa shape index (κ2) is 8.95. The molecule has 32 heavy (non-hydrogen) atoms. The van der Waals surface area contributed by atoms with E-state index in [1.807, 2.05) is 0 Å². The van der Waals surface area contributed by atoms with Gasteiger partial charge >= 0.3 is 6.03 Å². The minimum atomic E-state index is -1.01. The molecule has 2 amide bonds. The molecule has 172 valence electrons. The first-order valence-corrected chi connectivity index (χ1v) is 10.9. The first-order chi connectivity index (χ1) is 15.3. The Balaban J connectivity index is 1.67. The Kier molecular flexibility index (Phi) is 6.25. The number of aromatic hydroxyl groups is 1. The van der Waals surface area contributed by atoms with Gasteiger partial charge in [0.1, 0.15) is 22.3 Å². The van der Waals surface area contributed by atoms with E-state index in [9.17, 15) is 19.4 Å². The van der Waals surface area contributed by atoms with Crippen molar-refractivity contribution in [2.75, 3.05) is 28.8 Å². The lowest BCUT2D eigenvalue weighted by Gasteiger charge is -2.36. The molecule has 1 aliphatic carbocycles. The Hall–Kier alpha value is -2.85. The number of nitrogens with zero attached hydrogens (tertiary/aromatic N) is 4. The second-order valence-corrected chi connectivity index (χ2v) is 8.26. The van der Waals surface area contributed by atoms with Crippen LogP contribution < -0.4 is 19.9 Å². The highest BCUT2D eigenvalue weighted by atomic mass is 35.5. The average Bonchev–Trinajstić information content (AvgIpc) is 2.78. The molecule has 1 saturated carbocycles. The number of benzene rings is 1. The molecule has 0 saturated heterocycles. The third-order valence-corrected chi connectivity index (χ3v) is 6.21. The van der Waals surface area contributed by atoms with Crippen LogP contribution in [-0.2, 0) is 6.54 Å². The zero-order chi connectivity index (χ0) is 23.0. The average molecular weight is 466 g/mol. The number of carbonyl (C=O) groups excluding carboxylic acids is 1. The van der Waals surface area contributed by atoms with E-state index in [0.717, 1.165) is 36.6 Å². The largest absolute Gasteiger partial charge is 0.505 e. The molecule has 2 aromatic rings. The van der Waals surface area contributed by atoms with Gasteiger partial charge < -0.3 is 20.3 Å². The monoisotopic (exact) mass is 465 g/mol. The van der Waals surface area contributed by atoms with Gasteiger partial charge in [-0.2, -0.15) is 4.98 Å². The number of rotatable bonds is 5. The van der Waals surface area contributed by atoms with E-state index in [0.29, 0.717) is 17.3 Å². The Morgan fingerprint density at radius 3 is 2.72 bits per heavy atom. The molecule has 11 heteroatoms. The minimum Gasteiger partial charge on any atom is -0.505 e. The van der Waals surface area contributed by atoms with Gasteiger partial charge in [0.15, 0.2) is 11.6 Å². The van der Waals surface area contributed by atoms with Gasteiger partial charge in [0.2, 0.25) is 5.95 Å². The fourth-order valence-electron chi connectivity index (χ4n) is 4.12. The lowest BCUT2D eigenvalue weighted by atomic mass is 9.93. The number of hydrogen-bond acceptors (Lipinski definition) is 7. The van der Waals surface area contributed by atoms with Crippen LogP contribution in [0.2, 0.25) is 5.02 Å². The van der Waals surface area contributed by atoms with Crippen LogP contribution in [0.4, 0.5) is 26.6 Å². The summed E-state index contributed by atoms with van der Waals surface area (Å²) in [6.07, 6.45) is 4.38. The van der Waals surface area contributed by atoms with Gasteiger partial charge in [-0.05, 0) is 32.6 Å².